The Bertz CT molecular complexity index is 1020. The molecule has 1 aromatic carbocycles. The van der Waals surface area contributed by atoms with Crippen molar-refractivity contribution in [2.75, 3.05) is 11.9 Å². The number of aromatic nitrogens is 1. The molecule has 0 saturated heterocycles. The van der Waals surface area contributed by atoms with E-state index in [1.807, 2.05) is 64.1 Å². The Morgan fingerprint density at radius 1 is 1.19 bits per heavy atom. The fraction of sp³-hybridized carbons (Fsp3) is 0.400. The van der Waals surface area contributed by atoms with Crippen molar-refractivity contribution >= 4 is 23.6 Å². The van der Waals surface area contributed by atoms with Crippen molar-refractivity contribution in [3.8, 4) is 6.07 Å². The highest BCUT2D eigenvalue weighted by molar-refractivity contribution is 6.00. The number of amides is 1. The number of benzene rings is 1. The van der Waals surface area contributed by atoms with Gasteiger partial charge in [0, 0.05) is 23.6 Å². The number of esters is 1. The molecule has 0 bridgehead atoms. The van der Waals surface area contributed by atoms with Crippen LogP contribution < -0.4 is 5.32 Å². The predicted molar refractivity (Wildman–Crippen MR) is 122 cm³/mol. The predicted octanol–water partition coefficient (Wildman–Crippen LogP) is 4.97. The van der Waals surface area contributed by atoms with Crippen LogP contribution in [0.1, 0.15) is 56.1 Å². The van der Waals surface area contributed by atoms with E-state index < -0.39 is 18.5 Å². The van der Waals surface area contributed by atoms with E-state index in [2.05, 4.69) is 23.7 Å². The van der Waals surface area contributed by atoms with Gasteiger partial charge in [-0.2, -0.15) is 5.26 Å². The summed E-state index contributed by atoms with van der Waals surface area (Å²) in [6.45, 7) is 12.7. The molecular formula is C25H31N3O3. The first kappa shape index (κ1) is 23.9. The number of nitriles is 1. The quantitative estimate of drug-likeness (QED) is 0.370. The Morgan fingerprint density at radius 3 is 2.48 bits per heavy atom. The Labute approximate surface area is 184 Å². The number of anilines is 1. The summed E-state index contributed by atoms with van der Waals surface area (Å²) in [7, 11) is 0. The summed E-state index contributed by atoms with van der Waals surface area (Å²) in [5, 5.41) is 12.2. The molecule has 0 spiro atoms. The van der Waals surface area contributed by atoms with Crippen LogP contribution in [0.2, 0.25) is 0 Å². The largest absolute Gasteiger partial charge is 0.451 e. The number of carbonyl (C=O) groups excluding carboxylic acids is 2. The van der Waals surface area contributed by atoms with E-state index in [1.165, 1.54) is 6.08 Å². The molecule has 0 radical (unpaired) electrons. The number of rotatable bonds is 8. The summed E-state index contributed by atoms with van der Waals surface area (Å²) in [6.07, 6.45) is 1.52. The van der Waals surface area contributed by atoms with E-state index in [9.17, 15) is 14.9 Å². The number of hydrogen-bond acceptors (Lipinski definition) is 4. The lowest BCUT2D eigenvalue weighted by Crippen LogP contribution is -2.22. The summed E-state index contributed by atoms with van der Waals surface area (Å²) < 4.78 is 7.26. The Hall–Kier alpha value is -3.33. The van der Waals surface area contributed by atoms with Gasteiger partial charge in [0.1, 0.15) is 11.6 Å². The van der Waals surface area contributed by atoms with Crippen LogP contribution in [0.3, 0.4) is 0 Å². The molecule has 6 nitrogen and oxygen atoms in total. The molecule has 1 aromatic heterocycles. The normalized spacial score (nSPS) is 11.5. The van der Waals surface area contributed by atoms with Gasteiger partial charge in [-0.3, -0.25) is 4.79 Å². The average molecular weight is 422 g/mol. The van der Waals surface area contributed by atoms with Gasteiger partial charge < -0.3 is 14.6 Å². The maximum Gasteiger partial charge on any atom is 0.349 e. The van der Waals surface area contributed by atoms with Crippen molar-refractivity contribution < 1.29 is 14.3 Å². The molecule has 0 unspecified atom stereocenters. The van der Waals surface area contributed by atoms with Gasteiger partial charge in [-0.15, -0.1) is 0 Å². The van der Waals surface area contributed by atoms with Crippen molar-refractivity contribution in [2.24, 2.45) is 5.92 Å². The van der Waals surface area contributed by atoms with Gasteiger partial charge in [0.05, 0.1) is 0 Å². The fourth-order valence-electron chi connectivity index (χ4n) is 3.42. The molecule has 164 valence electrons. The highest BCUT2D eigenvalue weighted by Gasteiger charge is 2.16. The topological polar surface area (TPSA) is 84.1 Å². The molecule has 0 aliphatic heterocycles. The molecule has 0 atom stereocenters. The Balaban J connectivity index is 2.07. The first-order valence-corrected chi connectivity index (χ1v) is 10.5. The van der Waals surface area contributed by atoms with E-state index in [4.69, 9.17) is 4.74 Å². The minimum absolute atomic E-state index is 0.139. The number of hydrogen-bond donors (Lipinski definition) is 1. The maximum absolute atomic E-state index is 12.4. The molecule has 6 heteroatoms. The van der Waals surface area contributed by atoms with E-state index in [1.54, 1.807) is 0 Å². The highest BCUT2D eigenvalue weighted by atomic mass is 16.5. The number of carbonyl (C=O) groups is 2. The van der Waals surface area contributed by atoms with Crippen LogP contribution in [0.25, 0.3) is 6.08 Å². The lowest BCUT2D eigenvalue weighted by molar-refractivity contribution is -0.142. The number of nitrogens with zero attached hydrogens (tertiary/aromatic N) is 2. The van der Waals surface area contributed by atoms with Crippen molar-refractivity contribution in [1.29, 1.82) is 5.26 Å². The second-order valence-corrected chi connectivity index (χ2v) is 8.37. The molecule has 31 heavy (non-hydrogen) atoms. The highest BCUT2D eigenvalue weighted by Crippen LogP contribution is 2.23. The molecule has 1 amide bonds. The first-order chi connectivity index (χ1) is 14.6. The molecule has 0 saturated carbocycles. The maximum atomic E-state index is 12.4. The third-order valence-corrected chi connectivity index (χ3v) is 4.99. The van der Waals surface area contributed by atoms with Gasteiger partial charge in [0.25, 0.3) is 5.91 Å². The number of para-hydroxylation sites is 1. The van der Waals surface area contributed by atoms with Crippen LogP contribution in [0, 0.1) is 31.1 Å². The van der Waals surface area contributed by atoms with Gasteiger partial charge in [0.15, 0.2) is 6.61 Å². The monoisotopic (exact) mass is 421 g/mol. The zero-order chi connectivity index (χ0) is 23.1. The average Bonchev–Trinajstić information content (AvgIpc) is 2.97. The minimum Gasteiger partial charge on any atom is -0.451 e. The summed E-state index contributed by atoms with van der Waals surface area (Å²) in [5.41, 5.74) is 4.38. The molecule has 2 aromatic rings. The van der Waals surface area contributed by atoms with Crippen LogP contribution >= 0.6 is 0 Å². The minimum atomic E-state index is -0.816. The molecule has 0 fully saturated rings. The molecular weight excluding hydrogens is 390 g/mol. The number of aryl methyl sites for hydroxylation is 1. The van der Waals surface area contributed by atoms with Crippen LogP contribution in [0.15, 0.2) is 35.9 Å². The molecule has 2 rings (SSSR count). The third-order valence-electron chi connectivity index (χ3n) is 4.99. The lowest BCUT2D eigenvalue weighted by atomic mass is 10.0. The lowest BCUT2D eigenvalue weighted by Gasteiger charge is -2.13. The second kappa shape index (κ2) is 10.6. The van der Waals surface area contributed by atoms with Crippen LogP contribution in [-0.2, 0) is 20.9 Å². The SMILES string of the molecule is Cc1cc(/C=C(\C#N)C(=O)OCC(=O)Nc2ccccc2C(C)C)c(C)n1CC(C)C. The molecule has 0 aliphatic rings. The standard InChI is InChI=1S/C25H31N3O3/c1-16(2)14-28-18(5)11-20(19(28)6)12-21(13-26)25(30)31-15-24(29)27-23-10-8-7-9-22(23)17(3)4/h7-12,16-17H,14-15H2,1-6H3,(H,27,29)/b21-12+. The van der Waals surface area contributed by atoms with Crippen molar-refractivity contribution in [3.63, 3.8) is 0 Å². The van der Waals surface area contributed by atoms with Gasteiger partial charge >= 0.3 is 5.97 Å². The molecule has 0 aliphatic carbocycles. The van der Waals surface area contributed by atoms with Crippen LogP contribution in [-0.4, -0.2) is 23.1 Å². The summed E-state index contributed by atoms with van der Waals surface area (Å²) >= 11 is 0. The Morgan fingerprint density at radius 2 is 1.87 bits per heavy atom. The number of nitrogens with one attached hydrogen (secondary N) is 1. The van der Waals surface area contributed by atoms with Crippen LogP contribution in [0.5, 0.6) is 0 Å². The van der Waals surface area contributed by atoms with Gasteiger partial charge in [-0.1, -0.05) is 45.9 Å². The van der Waals surface area contributed by atoms with Gasteiger partial charge in [0.2, 0.25) is 0 Å². The third kappa shape index (κ3) is 6.32. The van der Waals surface area contributed by atoms with Crippen molar-refractivity contribution in [1.82, 2.24) is 4.57 Å². The first-order valence-electron chi connectivity index (χ1n) is 10.5. The summed E-state index contributed by atoms with van der Waals surface area (Å²) in [4.78, 5) is 24.7. The Kier molecular flexibility index (Phi) is 8.21. The van der Waals surface area contributed by atoms with Crippen LogP contribution in [0.4, 0.5) is 5.69 Å². The summed E-state index contributed by atoms with van der Waals surface area (Å²) in [6, 6.07) is 11.3. The summed E-state index contributed by atoms with van der Waals surface area (Å²) in [5.74, 6) is -0.555. The van der Waals surface area contributed by atoms with E-state index in [0.717, 1.165) is 29.1 Å². The van der Waals surface area contributed by atoms with E-state index >= 15 is 0 Å². The molecule has 1 N–H and O–H groups in total. The smallest absolute Gasteiger partial charge is 0.349 e. The second-order valence-electron chi connectivity index (χ2n) is 8.37. The molecule has 1 heterocycles. The number of ether oxygens (including phenoxy) is 1. The fourth-order valence-corrected chi connectivity index (χ4v) is 3.42. The zero-order valence-corrected chi connectivity index (χ0v) is 19.2. The van der Waals surface area contributed by atoms with E-state index in [0.29, 0.717) is 11.6 Å². The van der Waals surface area contributed by atoms with Gasteiger partial charge in [-0.05, 0) is 55.0 Å². The van der Waals surface area contributed by atoms with E-state index in [-0.39, 0.29) is 11.5 Å². The van der Waals surface area contributed by atoms with Crippen molar-refractivity contribution in [2.45, 2.75) is 54.0 Å². The zero-order valence-electron chi connectivity index (χ0n) is 19.2. The van der Waals surface area contributed by atoms with Crippen molar-refractivity contribution in [3.05, 3.63) is 58.4 Å². The van der Waals surface area contributed by atoms with Gasteiger partial charge in [-0.25, -0.2) is 4.79 Å².